The summed E-state index contributed by atoms with van der Waals surface area (Å²) >= 11 is 6.09. The van der Waals surface area contributed by atoms with E-state index in [9.17, 15) is 4.79 Å². The summed E-state index contributed by atoms with van der Waals surface area (Å²) in [6, 6.07) is 7.40. The van der Waals surface area contributed by atoms with E-state index in [0.717, 1.165) is 5.56 Å². The number of fused-ring (bicyclic) bond motifs is 1. The Labute approximate surface area is 98.3 Å². The normalized spacial score (nSPS) is 18.1. The highest BCUT2D eigenvalue weighted by atomic mass is 35.5. The van der Waals surface area contributed by atoms with Crippen LogP contribution in [0.2, 0.25) is 0 Å². The summed E-state index contributed by atoms with van der Waals surface area (Å²) in [6.07, 6.45) is 0. The van der Waals surface area contributed by atoms with Crippen LogP contribution in [0.15, 0.2) is 29.3 Å². The zero-order chi connectivity index (χ0) is 11.5. The topological polar surface area (TPSA) is 50.7 Å². The number of hydrogen-bond acceptors (Lipinski definition) is 4. The fourth-order valence-corrected chi connectivity index (χ4v) is 1.75. The number of para-hydroxylation sites is 1. The quantitative estimate of drug-likeness (QED) is 0.488. The van der Waals surface area contributed by atoms with Crippen LogP contribution in [-0.2, 0) is 9.53 Å². The van der Waals surface area contributed by atoms with Gasteiger partial charge in [0.05, 0.1) is 12.3 Å². The lowest BCUT2D eigenvalue weighted by molar-refractivity contribution is -0.135. The van der Waals surface area contributed by atoms with E-state index < -0.39 is 11.5 Å². The first-order valence-corrected chi connectivity index (χ1v) is 5.41. The molecule has 0 spiro atoms. The minimum absolute atomic E-state index is 0.153. The Hall–Kier alpha value is -1.55. The number of halogens is 1. The molecule has 2 rings (SSSR count). The molecule has 0 aliphatic carbocycles. The van der Waals surface area contributed by atoms with Crippen molar-refractivity contribution in [2.75, 3.05) is 6.61 Å². The van der Waals surface area contributed by atoms with Gasteiger partial charge < -0.3 is 10.1 Å². The Bertz CT molecular complexity index is 445. The van der Waals surface area contributed by atoms with E-state index in [0.29, 0.717) is 12.3 Å². The first-order chi connectivity index (χ1) is 7.72. The molecule has 0 aromatic heterocycles. The number of hydrogen-bond donors (Lipinski definition) is 1. The van der Waals surface area contributed by atoms with Gasteiger partial charge in [-0.2, -0.15) is 0 Å². The Kier molecular flexibility index (Phi) is 3.10. The third kappa shape index (κ3) is 2.02. The van der Waals surface area contributed by atoms with E-state index in [2.05, 4.69) is 10.3 Å². The molecule has 4 nitrogen and oxygen atoms in total. The lowest BCUT2D eigenvalue weighted by Gasteiger charge is -2.21. The second-order valence-electron chi connectivity index (χ2n) is 3.25. The van der Waals surface area contributed by atoms with Crippen LogP contribution in [0.25, 0.3) is 0 Å². The highest BCUT2D eigenvalue weighted by Crippen LogP contribution is 2.31. The number of rotatable bonds is 2. The molecule has 84 valence electrons. The minimum Gasteiger partial charge on any atom is -0.460 e. The van der Waals surface area contributed by atoms with Gasteiger partial charge in [0.2, 0.25) is 5.84 Å². The van der Waals surface area contributed by atoms with Gasteiger partial charge in [0.1, 0.15) is 5.50 Å². The number of nitrogens with one attached hydrogen (secondary N) is 1. The SMILES string of the molecule is CCOC(=O)C1=Nc2ccccc2C(Cl)N1. The van der Waals surface area contributed by atoms with Crippen molar-refractivity contribution in [3.8, 4) is 0 Å². The Morgan fingerprint density at radius 2 is 2.31 bits per heavy atom. The number of amidine groups is 1. The summed E-state index contributed by atoms with van der Waals surface area (Å²) in [5, 5.41) is 2.80. The lowest BCUT2D eigenvalue weighted by atomic mass is 10.1. The van der Waals surface area contributed by atoms with Gasteiger partial charge in [-0.15, -0.1) is 0 Å². The van der Waals surface area contributed by atoms with Crippen LogP contribution >= 0.6 is 11.6 Å². The molecule has 1 aliphatic rings. The van der Waals surface area contributed by atoms with Gasteiger partial charge in [-0.05, 0) is 13.0 Å². The van der Waals surface area contributed by atoms with Crippen LogP contribution in [0, 0.1) is 0 Å². The van der Waals surface area contributed by atoms with E-state index in [1.165, 1.54) is 0 Å². The predicted octanol–water partition coefficient (Wildman–Crippen LogP) is 2.12. The first-order valence-electron chi connectivity index (χ1n) is 4.97. The summed E-state index contributed by atoms with van der Waals surface area (Å²) in [5.74, 6) is -0.330. The number of carbonyl (C=O) groups is 1. The molecule has 0 radical (unpaired) electrons. The molecule has 0 saturated carbocycles. The second kappa shape index (κ2) is 4.53. The summed E-state index contributed by atoms with van der Waals surface area (Å²) in [5.41, 5.74) is 1.11. The molecule has 1 unspecified atom stereocenters. The number of alkyl halides is 1. The van der Waals surface area contributed by atoms with Gasteiger partial charge >= 0.3 is 5.97 Å². The number of benzene rings is 1. The summed E-state index contributed by atoms with van der Waals surface area (Å²) in [6.45, 7) is 2.06. The van der Waals surface area contributed by atoms with Gasteiger partial charge in [0.25, 0.3) is 0 Å². The summed E-state index contributed by atoms with van der Waals surface area (Å²) in [4.78, 5) is 15.6. The van der Waals surface area contributed by atoms with Crippen LogP contribution in [0.4, 0.5) is 5.69 Å². The molecular formula is C11H11ClN2O2. The van der Waals surface area contributed by atoms with Crippen molar-refractivity contribution in [1.82, 2.24) is 5.32 Å². The van der Waals surface area contributed by atoms with E-state index in [1.807, 2.05) is 24.3 Å². The molecule has 0 fully saturated rings. The van der Waals surface area contributed by atoms with Crippen LogP contribution in [-0.4, -0.2) is 18.4 Å². The van der Waals surface area contributed by atoms with Crippen molar-refractivity contribution in [1.29, 1.82) is 0 Å². The third-order valence-corrected chi connectivity index (χ3v) is 2.52. The van der Waals surface area contributed by atoms with Crippen LogP contribution in [0.1, 0.15) is 18.0 Å². The molecule has 1 atom stereocenters. The average Bonchev–Trinajstić information content (AvgIpc) is 2.29. The van der Waals surface area contributed by atoms with Crippen molar-refractivity contribution < 1.29 is 9.53 Å². The minimum atomic E-state index is -0.484. The maximum atomic E-state index is 11.5. The van der Waals surface area contributed by atoms with Crippen LogP contribution in [0.5, 0.6) is 0 Å². The van der Waals surface area contributed by atoms with E-state index in [-0.39, 0.29) is 5.84 Å². The fraction of sp³-hybridized carbons (Fsp3) is 0.273. The Morgan fingerprint density at radius 3 is 3.06 bits per heavy atom. The predicted molar refractivity (Wildman–Crippen MR) is 61.9 cm³/mol. The molecule has 1 aromatic carbocycles. The molecule has 1 heterocycles. The molecule has 0 amide bonds. The van der Waals surface area contributed by atoms with Gasteiger partial charge in [-0.1, -0.05) is 29.8 Å². The van der Waals surface area contributed by atoms with Crippen molar-refractivity contribution in [2.24, 2.45) is 4.99 Å². The largest absolute Gasteiger partial charge is 0.460 e. The molecule has 0 saturated heterocycles. The fourth-order valence-electron chi connectivity index (χ4n) is 1.46. The molecule has 1 N–H and O–H groups in total. The van der Waals surface area contributed by atoms with Gasteiger partial charge in [-0.3, -0.25) is 0 Å². The second-order valence-corrected chi connectivity index (χ2v) is 3.68. The number of esters is 1. The zero-order valence-electron chi connectivity index (χ0n) is 8.74. The molecule has 1 aromatic rings. The molecule has 0 bridgehead atoms. The van der Waals surface area contributed by atoms with Crippen molar-refractivity contribution in [2.45, 2.75) is 12.4 Å². The molecule has 5 heteroatoms. The van der Waals surface area contributed by atoms with E-state index in [4.69, 9.17) is 16.3 Å². The molecular weight excluding hydrogens is 228 g/mol. The Morgan fingerprint density at radius 1 is 1.56 bits per heavy atom. The van der Waals surface area contributed by atoms with Crippen molar-refractivity contribution >= 4 is 29.1 Å². The smallest absolute Gasteiger partial charge is 0.374 e. The average molecular weight is 239 g/mol. The zero-order valence-corrected chi connectivity index (χ0v) is 9.49. The number of nitrogens with zero attached hydrogens (tertiary/aromatic N) is 1. The van der Waals surface area contributed by atoms with Crippen LogP contribution in [0.3, 0.4) is 0 Å². The molecule has 1 aliphatic heterocycles. The highest BCUT2D eigenvalue weighted by molar-refractivity contribution is 6.38. The van der Waals surface area contributed by atoms with Crippen LogP contribution < -0.4 is 5.32 Å². The number of ether oxygens (including phenoxy) is 1. The molecule has 16 heavy (non-hydrogen) atoms. The highest BCUT2D eigenvalue weighted by Gasteiger charge is 2.24. The Balaban J connectivity index is 2.33. The monoisotopic (exact) mass is 238 g/mol. The van der Waals surface area contributed by atoms with E-state index >= 15 is 0 Å². The maximum Gasteiger partial charge on any atom is 0.374 e. The maximum absolute atomic E-state index is 11.5. The first kappa shape index (κ1) is 11.0. The summed E-state index contributed by atoms with van der Waals surface area (Å²) < 4.78 is 4.85. The standard InChI is InChI=1S/C11H11ClN2O2/c1-2-16-11(15)10-13-8-6-4-3-5-7(8)9(12)14-10/h3-6,9H,2H2,1H3,(H,13,14). The van der Waals surface area contributed by atoms with Gasteiger partial charge in [0.15, 0.2) is 0 Å². The van der Waals surface area contributed by atoms with Crippen molar-refractivity contribution in [3.05, 3.63) is 29.8 Å². The number of aliphatic imine (C=N–C) groups is 1. The van der Waals surface area contributed by atoms with Gasteiger partial charge in [0, 0.05) is 5.56 Å². The number of carbonyl (C=O) groups excluding carboxylic acids is 1. The van der Waals surface area contributed by atoms with Crippen molar-refractivity contribution in [3.63, 3.8) is 0 Å². The van der Waals surface area contributed by atoms with E-state index in [1.54, 1.807) is 6.92 Å². The lowest BCUT2D eigenvalue weighted by Crippen LogP contribution is -2.35. The third-order valence-electron chi connectivity index (χ3n) is 2.17. The van der Waals surface area contributed by atoms with Gasteiger partial charge in [-0.25, -0.2) is 9.79 Å². The summed E-state index contributed by atoms with van der Waals surface area (Å²) in [7, 11) is 0.